The smallest absolute Gasteiger partial charge is 0.307 e. The Morgan fingerprint density at radius 3 is 2.88 bits per heavy atom. The molecule has 0 aromatic heterocycles. The molecule has 1 unspecified atom stereocenters. The molecule has 1 N–H and O–H groups in total. The first-order chi connectivity index (χ1) is 8.06. The van der Waals surface area contributed by atoms with Gasteiger partial charge in [-0.2, -0.15) is 5.26 Å². The molecule has 0 heterocycles. The number of nitriles is 1. The number of halogens is 1. The fourth-order valence-electron chi connectivity index (χ4n) is 1.35. The van der Waals surface area contributed by atoms with E-state index in [0.29, 0.717) is 0 Å². The molecule has 90 valence electrons. The molecule has 0 saturated heterocycles. The summed E-state index contributed by atoms with van der Waals surface area (Å²) in [5.74, 6) is -0.875. The predicted octanol–water partition coefficient (Wildman–Crippen LogP) is 2.06. The van der Waals surface area contributed by atoms with E-state index in [1.54, 1.807) is 6.92 Å². The summed E-state index contributed by atoms with van der Waals surface area (Å²) in [6.45, 7) is 1.74. The molecule has 0 spiro atoms. The third kappa shape index (κ3) is 3.76. The third-order valence-corrected chi connectivity index (χ3v) is 2.20. The van der Waals surface area contributed by atoms with Gasteiger partial charge in [-0.15, -0.1) is 0 Å². The van der Waals surface area contributed by atoms with E-state index < -0.39 is 5.82 Å². The van der Waals surface area contributed by atoms with Crippen molar-refractivity contribution in [1.29, 1.82) is 5.26 Å². The lowest BCUT2D eigenvalue weighted by molar-refractivity contribution is -0.140. The number of anilines is 1. The summed E-state index contributed by atoms with van der Waals surface area (Å²) in [6.07, 6.45) is 0.149. The Hall–Kier alpha value is -2.09. The van der Waals surface area contributed by atoms with Gasteiger partial charge in [0, 0.05) is 6.04 Å². The Labute approximate surface area is 99.0 Å². The number of carbonyl (C=O) groups excluding carboxylic acids is 1. The Balaban J connectivity index is 2.69. The first-order valence-corrected chi connectivity index (χ1v) is 5.09. The fraction of sp³-hybridized carbons (Fsp3) is 0.333. The predicted molar refractivity (Wildman–Crippen MR) is 60.8 cm³/mol. The number of nitrogens with one attached hydrogen (secondary N) is 1. The van der Waals surface area contributed by atoms with Crippen LogP contribution in [0.2, 0.25) is 0 Å². The van der Waals surface area contributed by atoms with Gasteiger partial charge in [-0.05, 0) is 25.1 Å². The molecule has 0 saturated carbocycles. The van der Waals surface area contributed by atoms with Gasteiger partial charge in [-0.25, -0.2) is 4.39 Å². The number of hydrogen-bond donors (Lipinski definition) is 1. The second-order valence-corrected chi connectivity index (χ2v) is 3.63. The number of benzene rings is 1. The van der Waals surface area contributed by atoms with E-state index >= 15 is 0 Å². The van der Waals surface area contributed by atoms with Crippen LogP contribution in [0.25, 0.3) is 0 Å². The maximum atomic E-state index is 13.5. The van der Waals surface area contributed by atoms with Crippen molar-refractivity contribution in [2.24, 2.45) is 0 Å². The van der Waals surface area contributed by atoms with Crippen molar-refractivity contribution in [2.45, 2.75) is 19.4 Å². The molecule has 0 aliphatic rings. The van der Waals surface area contributed by atoms with Gasteiger partial charge in [0.1, 0.15) is 5.82 Å². The largest absolute Gasteiger partial charge is 0.469 e. The summed E-state index contributed by atoms with van der Waals surface area (Å²) >= 11 is 0. The lowest BCUT2D eigenvalue weighted by Gasteiger charge is -2.14. The van der Waals surface area contributed by atoms with Gasteiger partial charge in [-0.3, -0.25) is 4.79 Å². The minimum absolute atomic E-state index is 0.149. The highest BCUT2D eigenvalue weighted by molar-refractivity contribution is 5.70. The first kappa shape index (κ1) is 13.0. The average Bonchev–Trinajstić information content (AvgIpc) is 2.31. The molecule has 0 fully saturated rings. The zero-order valence-electron chi connectivity index (χ0n) is 9.66. The van der Waals surface area contributed by atoms with Crippen molar-refractivity contribution < 1.29 is 13.9 Å². The molecule has 17 heavy (non-hydrogen) atoms. The standard InChI is InChI=1S/C12H13FN2O2/c1-8(5-12(16)17-2)15-11-4-3-9(7-14)6-10(11)13/h3-4,6,8,15H,5H2,1-2H3. The van der Waals surface area contributed by atoms with E-state index in [2.05, 4.69) is 10.1 Å². The molecule has 0 amide bonds. The Kier molecular flexibility index (Phi) is 4.46. The van der Waals surface area contributed by atoms with Gasteiger partial charge in [-0.1, -0.05) is 0 Å². The Bertz CT molecular complexity index is 454. The van der Waals surface area contributed by atoms with Crippen LogP contribution >= 0.6 is 0 Å². The second kappa shape index (κ2) is 5.85. The van der Waals surface area contributed by atoms with Crippen LogP contribution in [0, 0.1) is 17.1 Å². The topological polar surface area (TPSA) is 62.1 Å². The first-order valence-electron chi connectivity index (χ1n) is 5.09. The quantitative estimate of drug-likeness (QED) is 0.813. The lowest BCUT2D eigenvalue weighted by Crippen LogP contribution is -2.20. The van der Waals surface area contributed by atoms with Crippen molar-refractivity contribution in [3.8, 4) is 6.07 Å². The molecule has 1 aromatic rings. The van der Waals surface area contributed by atoms with Crippen LogP contribution < -0.4 is 5.32 Å². The number of hydrogen-bond acceptors (Lipinski definition) is 4. The van der Waals surface area contributed by atoms with Gasteiger partial charge in [0.15, 0.2) is 0 Å². The lowest BCUT2D eigenvalue weighted by atomic mass is 10.2. The SMILES string of the molecule is COC(=O)CC(C)Nc1ccc(C#N)cc1F. The van der Waals surface area contributed by atoms with Gasteiger partial charge in [0.25, 0.3) is 0 Å². The molecule has 0 aliphatic carbocycles. The molecule has 0 aliphatic heterocycles. The van der Waals surface area contributed by atoms with Crippen LogP contribution in [0.4, 0.5) is 10.1 Å². The van der Waals surface area contributed by atoms with Crippen molar-refractivity contribution >= 4 is 11.7 Å². The van der Waals surface area contributed by atoms with Crippen molar-refractivity contribution in [3.05, 3.63) is 29.6 Å². The highest BCUT2D eigenvalue weighted by Crippen LogP contribution is 2.17. The fourth-order valence-corrected chi connectivity index (χ4v) is 1.35. The van der Waals surface area contributed by atoms with Crippen molar-refractivity contribution in [1.82, 2.24) is 0 Å². The molecule has 1 atom stereocenters. The van der Waals surface area contributed by atoms with Gasteiger partial charge in [0.05, 0.1) is 30.9 Å². The summed E-state index contributed by atoms with van der Waals surface area (Å²) in [6, 6.07) is 5.73. The zero-order chi connectivity index (χ0) is 12.8. The minimum Gasteiger partial charge on any atom is -0.469 e. The number of nitrogens with zero attached hydrogens (tertiary/aromatic N) is 1. The molecule has 1 aromatic carbocycles. The van der Waals surface area contributed by atoms with E-state index in [1.807, 2.05) is 6.07 Å². The highest BCUT2D eigenvalue weighted by atomic mass is 19.1. The molecule has 0 bridgehead atoms. The van der Waals surface area contributed by atoms with E-state index in [-0.39, 0.29) is 29.7 Å². The number of rotatable bonds is 4. The maximum absolute atomic E-state index is 13.5. The van der Waals surface area contributed by atoms with Crippen LogP contribution in [0.3, 0.4) is 0 Å². The van der Waals surface area contributed by atoms with Crippen LogP contribution in [0.1, 0.15) is 18.9 Å². The zero-order valence-corrected chi connectivity index (χ0v) is 9.66. The average molecular weight is 236 g/mol. The van der Waals surface area contributed by atoms with Crippen molar-refractivity contribution in [3.63, 3.8) is 0 Å². The van der Waals surface area contributed by atoms with Crippen molar-refractivity contribution in [2.75, 3.05) is 12.4 Å². The monoisotopic (exact) mass is 236 g/mol. The number of methoxy groups -OCH3 is 1. The summed E-state index contributed by atoms with van der Waals surface area (Å²) in [5.41, 5.74) is 0.522. The minimum atomic E-state index is -0.513. The van der Waals surface area contributed by atoms with Gasteiger partial charge < -0.3 is 10.1 Å². The normalized spacial score (nSPS) is 11.4. The number of carbonyl (C=O) groups is 1. The van der Waals surface area contributed by atoms with E-state index in [1.165, 1.54) is 19.2 Å². The third-order valence-electron chi connectivity index (χ3n) is 2.20. The van der Waals surface area contributed by atoms with Crippen LogP contribution in [0.5, 0.6) is 0 Å². The number of esters is 1. The molecule has 4 nitrogen and oxygen atoms in total. The maximum Gasteiger partial charge on any atom is 0.307 e. The molecular weight excluding hydrogens is 223 g/mol. The molecule has 5 heteroatoms. The second-order valence-electron chi connectivity index (χ2n) is 3.63. The Morgan fingerprint density at radius 2 is 2.35 bits per heavy atom. The molecule has 1 rings (SSSR count). The summed E-state index contributed by atoms with van der Waals surface area (Å²) < 4.78 is 18.0. The van der Waals surface area contributed by atoms with Gasteiger partial charge >= 0.3 is 5.97 Å². The van der Waals surface area contributed by atoms with Crippen LogP contribution in [-0.2, 0) is 9.53 Å². The molecular formula is C12H13FN2O2. The summed E-state index contributed by atoms with van der Waals surface area (Å²) in [5, 5.41) is 11.4. The van der Waals surface area contributed by atoms with Gasteiger partial charge in [0.2, 0.25) is 0 Å². The summed E-state index contributed by atoms with van der Waals surface area (Å²) in [4.78, 5) is 11.0. The highest BCUT2D eigenvalue weighted by Gasteiger charge is 2.11. The van der Waals surface area contributed by atoms with Crippen LogP contribution in [-0.4, -0.2) is 19.1 Å². The van der Waals surface area contributed by atoms with E-state index in [9.17, 15) is 9.18 Å². The summed E-state index contributed by atoms with van der Waals surface area (Å²) in [7, 11) is 1.30. The Morgan fingerprint density at radius 1 is 1.65 bits per heavy atom. The number of ether oxygens (including phenoxy) is 1. The van der Waals surface area contributed by atoms with E-state index in [0.717, 1.165) is 6.07 Å². The van der Waals surface area contributed by atoms with Crippen LogP contribution in [0.15, 0.2) is 18.2 Å². The van der Waals surface area contributed by atoms with E-state index in [4.69, 9.17) is 5.26 Å². The molecule has 0 radical (unpaired) electrons.